The SMILES string of the molecule is CN(C)c1ccc(N(CCC(=O)O)C(=O)c2ccco2)cc1. The maximum atomic E-state index is 12.5. The second-order valence-electron chi connectivity index (χ2n) is 4.99. The Morgan fingerprint density at radius 2 is 1.73 bits per heavy atom. The average Bonchev–Trinajstić information content (AvgIpc) is 3.01. The number of carbonyl (C=O) groups excluding carboxylic acids is 1. The van der Waals surface area contributed by atoms with Crippen LogP contribution in [0.25, 0.3) is 0 Å². The van der Waals surface area contributed by atoms with Gasteiger partial charge in [-0.1, -0.05) is 0 Å². The molecule has 0 atom stereocenters. The molecule has 1 aromatic heterocycles. The van der Waals surface area contributed by atoms with Gasteiger partial charge in [-0.3, -0.25) is 9.59 Å². The molecule has 0 spiro atoms. The van der Waals surface area contributed by atoms with Crippen molar-refractivity contribution in [2.75, 3.05) is 30.4 Å². The van der Waals surface area contributed by atoms with Crippen LogP contribution in [-0.2, 0) is 4.79 Å². The number of anilines is 2. The smallest absolute Gasteiger partial charge is 0.305 e. The third-order valence-electron chi connectivity index (χ3n) is 3.20. The number of aliphatic carboxylic acids is 1. The lowest BCUT2D eigenvalue weighted by molar-refractivity contribution is -0.136. The maximum Gasteiger partial charge on any atom is 0.305 e. The maximum absolute atomic E-state index is 12.5. The van der Waals surface area contributed by atoms with Crippen LogP contribution in [0.2, 0.25) is 0 Å². The minimum absolute atomic E-state index is 0.0795. The monoisotopic (exact) mass is 302 g/mol. The van der Waals surface area contributed by atoms with Gasteiger partial charge in [0.25, 0.3) is 5.91 Å². The summed E-state index contributed by atoms with van der Waals surface area (Å²) in [6, 6.07) is 10.5. The third-order valence-corrected chi connectivity index (χ3v) is 3.20. The van der Waals surface area contributed by atoms with Crippen LogP contribution in [0, 0.1) is 0 Å². The molecule has 0 aliphatic rings. The fourth-order valence-electron chi connectivity index (χ4n) is 2.02. The van der Waals surface area contributed by atoms with Crippen LogP contribution in [-0.4, -0.2) is 37.6 Å². The van der Waals surface area contributed by atoms with Gasteiger partial charge in [0.15, 0.2) is 5.76 Å². The van der Waals surface area contributed by atoms with Crippen molar-refractivity contribution in [2.45, 2.75) is 6.42 Å². The van der Waals surface area contributed by atoms with Crippen LogP contribution in [0.15, 0.2) is 47.1 Å². The zero-order chi connectivity index (χ0) is 16.1. The van der Waals surface area contributed by atoms with Gasteiger partial charge < -0.3 is 19.3 Å². The third kappa shape index (κ3) is 3.66. The molecule has 1 heterocycles. The molecule has 2 aromatic rings. The summed E-state index contributed by atoms with van der Waals surface area (Å²) in [5.74, 6) is -1.13. The Balaban J connectivity index is 2.27. The molecule has 6 heteroatoms. The van der Waals surface area contributed by atoms with Gasteiger partial charge in [-0.25, -0.2) is 0 Å². The van der Waals surface area contributed by atoms with E-state index in [2.05, 4.69) is 0 Å². The molecule has 1 amide bonds. The van der Waals surface area contributed by atoms with Crippen LogP contribution in [0.1, 0.15) is 17.0 Å². The van der Waals surface area contributed by atoms with Crippen molar-refractivity contribution >= 4 is 23.3 Å². The molecule has 0 fully saturated rings. The van der Waals surface area contributed by atoms with E-state index in [9.17, 15) is 9.59 Å². The minimum Gasteiger partial charge on any atom is -0.481 e. The van der Waals surface area contributed by atoms with Gasteiger partial charge in [0, 0.05) is 32.0 Å². The fourth-order valence-corrected chi connectivity index (χ4v) is 2.02. The van der Waals surface area contributed by atoms with Crippen LogP contribution in [0.5, 0.6) is 0 Å². The van der Waals surface area contributed by atoms with Crippen molar-refractivity contribution in [3.63, 3.8) is 0 Å². The quantitative estimate of drug-likeness (QED) is 0.887. The van der Waals surface area contributed by atoms with Crippen molar-refractivity contribution in [2.24, 2.45) is 0 Å². The number of amides is 1. The van der Waals surface area contributed by atoms with Gasteiger partial charge in [0.1, 0.15) is 0 Å². The highest BCUT2D eigenvalue weighted by Crippen LogP contribution is 2.22. The first-order valence-electron chi connectivity index (χ1n) is 6.83. The van der Waals surface area contributed by atoms with E-state index in [0.29, 0.717) is 5.69 Å². The second kappa shape index (κ2) is 6.80. The number of hydrogen-bond acceptors (Lipinski definition) is 4. The molecule has 0 radical (unpaired) electrons. The number of benzene rings is 1. The summed E-state index contributed by atoms with van der Waals surface area (Å²) < 4.78 is 5.12. The van der Waals surface area contributed by atoms with E-state index in [4.69, 9.17) is 9.52 Å². The summed E-state index contributed by atoms with van der Waals surface area (Å²) in [5.41, 5.74) is 1.63. The summed E-state index contributed by atoms with van der Waals surface area (Å²) in [6.45, 7) is 0.0795. The summed E-state index contributed by atoms with van der Waals surface area (Å²) in [4.78, 5) is 26.6. The summed E-state index contributed by atoms with van der Waals surface area (Å²) in [6.07, 6.45) is 1.28. The highest BCUT2D eigenvalue weighted by Gasteiger charge is 2.20. The van der Waals surface area contributed by atoms with E-state index in [1.165, 1.54) is 11.2 Å². The molecular weight excluding hydrogens is 284 g/mol. The molecule has 1 aromatic carbocycles. The first-order chi connectivity index (χ1) is 10.5. The van der Waals surface area contributed by atoms with E-state index in [1.807, 2.05) is 31.1 Å². The molecule has 0 bridgehead atoms. The van der Waals surface area contributed by atoms with Crippen LogP contribution in [0.3, 0.4) is 0 Å². The molecule has 0 unspecified atom stereocenters. The summed E-state index contributed by atoms with van der Waals surface area (Å²) in [5, 5.41) is 8.87. The number of carboxylic acid groups (broad SMARTS) is 1. The molecule has 1 N–H and O–H groups in total. The van der Waals surface area contributed by atoms with E-state index in [0.717, 1.165) is 5.69 Å². The molecule has 0 aliphatic carbocycles. The summed E-state index contributed by atoms with van der Waals surface area (Å²) >= 11 is 0. The van der Waals surface area contributed by atoms with Gasteiger partial charge in [0.05, 0.1) is 12.7 Å². The molecule has 0 saturated heterocycles. The Labute approximate surface area is 128 Å². The number of hydrogen-bond donors (Lipinski definition) is 1. The lowest BCUT2D eigenvalue weighted by Gasteiger charge is -2.22. The highest BCUT2D eigenvalue weighted by atomic mass is 16.4. The Hall–Kier alpha value is -2.76. The lowest BCUT2D eigenvalue weighted by atomic mass is 10.2. The van der Waals surface area contributed by atoms with Crippen LogP contribution in [0.4, 0.5) is 11.4 Å². The summed E-state index contributed by atoms with van der Waals surface area (Å²) in [7, 11) is 3.84. The van der Waals surface area contributed by atoms with Gasteiger partial charge in [0.2, 0.25) is 0 Å². The molecule has 116 valence electrons. The topological polar surface area (TPSA) is 74.0 Å². The number of furan rings is 1. The van der Waals surface area contributed by atoms with E-state index >= 15 is 0 Å². The Morgan fingerprint density at radius 3 is 2.23 bits per heavy atom. The molecule has 22 heavy (non-hydrogen) atoms. The van der Waals surface area contributed by atoms with Crippen LogP contribution >= 0.6 is 0 Å². The predicted octanol–water partition coefficient (Wildman–Crippen LogP) is 2.47. The van der Waals surface area contributed by atoms with Gasteiger partial charge in [-0.05, 0) is 36.4 Å². The molecule has 2 rings (SSSR count). The molecular formula is C16H18N2O4. The first-order valence-corrected chi connectivity index (χ1v) is 6.83. The first kappa shape index (κ1) is 15.6. The molecule has 0 aliphatic heterocycles. The number of carbonyl (C=O) groups is 2. The van der Waals surface area contributed by atoms with Crippen molar-refractivity contribution in [1.29, 1.82) is 0 Å². The zero-order valence-electron chi connectivity index (χ0n) is 12.5. The second-order valence-corrected chi connectivity index (χ2v) is 4.99. The Bertz CT molecular complexity index is 633. The van der Waals surface area contributed by atoms with Crippen molar-refractivity contribution in [1.82, 2.24) is 0 Å². The van der Waals surface area contributed by atoms with Crippen molar-refractivity contribution in [3.05, 3.63) is 48.4 Å². The molecule has 6 nitrogen and oxygen atoms in total. The van der Waals surface area contributed by atoms with Crippen molar-refractivity contribution in [3.8, 4) is 0 Å². The standard InChI is InChI=1S/C16H18N2O4/c1-17(2)12-5-7-13(8-6-12)18(10-9-15(19)20)16(21)14-4-3-11-22-14/h3-8,11H,9-10H2,1-2H3,(H,19,20). The zero-order valence-corrected chi connectivity index (χ0v) is 12.5. The lowest BCUT2D eigenvalue weighted by Crippen LogP contribution is -2.32. The Morgan fingerprint density at radius 1 is 1.09 bits per heavy atom. The van der Waals surface area contributed by atoms with Crippen molar-refractivity contribution < 1.29 is 19.1 Å². The Kier molecular flexibility index (Phi) is 4.83. The van der Waals surface area contributed by atoms with Crippen LogP contribution < -0.4 is 9.80 Å². The van der Waals surface area contributed by atoms with Gasteiger partial charge in [-0.2, -0.15) is 0 Å². The highest BCUT2D eigenvalue weighted by molar-refractivity contribution is 6.04. The van der Waals surface area contributed by atoms with Gasteiger partial charge in [-0.15, -0.1) is 0 Å². The van der Waals surface area contributed by atoms with Gasteiger partial charge >= 0.3 is 5.97 Å². The van der Waals surface area contributed by atoms with E-state index < -0.39 is 5.97 Å². The average molecular weight is 302 g/mol. The number of carboxylic acids is 1. The van der Waals surface area contributed by atoms with E-state index in [-0.39, 0.29) is 24.6 Å². The number of nitrogens with zero attached hydrogens (tertiary/aromatic N) is 2. The number of rotatable bonds is 6. The predicted molar refractivity (Wildman–Crippen MR) is 83.4 cm³/mol. The van der Waals surface area contributed by atoms with E-state index in [1.54, 1.807) is 24.3 Å². The largest absolute Gasteiger partial charge is 0.481 e. The minimum atomic E-state index is -0.956. The normalized spacial score (nSPS) is 10.3. The fraction of sp³-hybridized carbons (Fsp3) is 0.250. The molecule has 0 saturated carbocycles.